The average molecular weight is 234 g/mol. The van der Waals surface area contributed by atoms with Gasteiger partial charge < -0.3 is 14.8 Å². The summed E-state index contributed by atoms with van der Waals surface area (Å²) in [6.45, 7) is 1.97. The molecule has 1 aliphatic rings. The molecule has 0 aromatic heterocycles. The lowest BCUT2D eigenvalue weighted by Gasteiger charge is -2.14. The lowest BCUT2D eigenvalue weighted by Crippen LogP contribution is -2.18. The molecule has 12 heavy (non-hydrogen) atoms. The van der Waals surface area contributed by atoms with E-state index >= 15 is 0 Å². The summed E-state index contributed by atoms with van der Waals surface area (Å²) in [6, 6.07) is 0. The van der Waals surface area contributed by atoms with Gasteiger partial charge in [0.05, 0.1) is 17.8 Å². The fourth-order valence-corrected chi connectivity index (χ4v) is 1.08. The van der Waals surface area contributed by atoms with Gasteiger partial charge in [0.2, 0.25) is 0 Å². The molecular formula is C8H12BrNO2. The Morgan fingerprint density at radius 1 is 1.50 bits per heavy atom. The summed E-state index contributed by atoms with van der Waals surface area (Å²) in [5, 5.41) is 3.10. The normalized spacial score (nSPS) is 16.2. The summed E-state index contributed by atoms with van der Waals surface area (Å²) >= 11 is 3.32. The van der Waals surface area contributed by atoms with Crippen LogP contribution in [0.3, 0.4) is 0 Å². The fourth-order valence-electron chi connectivity index (χ4n) is 0.811. The molecule has 0 saturated carbocycles. The minimum absolute atomic E-state index is 0.607. The van der Waals surface area contributed by atoms with Crippen molar-refractivity contribution in [2.24, 2.45) is 0 Å². The molecule has 0 amide bonds. The van der Waals surface area contributed by atoms with Gasteiger partial charge in [0, 0.05) is 7.11 Å². The van der Waals surface area contributed by atoms with Crippen LogP contribution in [-0.4, -0.2) is 26.9 Å². The van der Waals surface area contributed by atoms with Crippen LogP contribution in [-0.2, 0) is 9.47 Å². The van der Waals surface area contributed by atoms with E-state index in [1.165, 1.54) is 0 Å². The highest BCUT2D eigenvalue weighted by atomic mass is 79.9. The second kappa shape index (κ2) is 5.22. The molecule has 1 heterocycles. The van der Waals surface area contributed by atoms with Crippen LogP contribution in [0.25, 0.3) is 0 Å². The topological polar surface area (TPSA) is 30.5 Å². The van der Waals surface area contributed by atoms with Gasteiger partial charge in [-0.25, -0.2) is 0 Å². The van der Waals surface area contributed by atoms with Crippen molar-refractivity contribution in [1.82, 2.24) is 5.32 Å². The molecule has 0 fully saturated rings. The van der Waals surface area contributed by atoms with Crippen LogP contribution >= 0.6 is 15.9 Å². The number of dihydropyridines is 1. The van der Waals surface area contributed by atoms with Crippen molar-refractivity contribution in [2.75, 3.05) is 26.9 Å². The number of hydrogen-bond donors (Lipinski definition) is 1. The molecule has 1 rings (SSSR count). The van der Waals surface area contributed by atoms with Gasteiger partial charge in [-0.15, -0.1) is 0 Å². The summed E-state index contributed by atoms with van der Waals surface area (Å²) < 4.78 is 11.2. The Bertz CT molecular complexity index is 201. The first-order valence-electron chi connectivity index (χ1n) is 3.75. The highest BCUT2D eigenvalue weighted by Gasteiger charge is 2.02. The van der Waals surface area contributed by atoms with Gasteiger partial charge >= 0.3 is 0 Å². The van der Waals surface area contributed by atoms with E-state index in [9.17, 15) is 0 Å². The van der Waals surface area contributed by atoms with E-state index in [1.54, 1.807) is 7.11 Å². The molecule has 4 heteroatoms. The SMILES string of the molecule is COCCOC1=CC=C(Br)NC1. The number of ether oxygens (including phenoxy) is 2. The number of halogens is 1. The number of hydrogen-bond acceptors (Lipinski definition) is 3. The second-order valence-electron chi connectivity index (χ2n) is 2.34. The van der Waals surface area contributed by atoms with Crippen molar-refractivity contribution >= 4 is 15.9 Å². The minimum atomic E-state index is 0.607. The van der Waals surface area contributed by atoms with Gasteiger partial charge in [-0.1, -0.05) is 0 Å². The zero-order valence-corrected chi connectivity index (χ0v) is 8.56. The van der Waals surface area contributed by atoms with Crippen molar-refractivity contribution in [3.8, 4) is 0 Å². The molecule has 0 atom stereocenters. The molecule has 1 aliphatic heterocycles. The molecule has 0 unspecified atom stereocenters. The van der Waals surface area contributed by atoms with E-state index in [0.717, 1.165) is 16.9 Å². The predicted octanol–water partition coefficient (Wildman–Crippen LogP) is 1.37. The van der Waals surface area contributed by atoms with Crippen molar-refractivity contribution in [3.63, 3.8) is 0 Å². The van der Waals surface area contributed by atoms with Crippen LogP contribution < -0.4 is 5.32 Å². The van der Waals surface area contributed by atoms with E-state index in [2.05, 4.69) is 21.2 Å². The van der Waals surface area contributed by atoms with Crippen LogP contribution in [0.2, 0.25) is 0 Å². The summed E-state index contributed by atoms with van der Waals surface area (Å²) in [5.74, 6) is 0.940. The third-order valence-electron chi connectivity index (χ3n) is 1.42. The Hall–Kier alpha value is -0.480. The van der Waals surface area contributed by atoms with Gasteiger partial charge in [0.15, 0.2) is 0 Å². The smallest absolute Gasteiger partial charge is 0.115 e. The number of rotatable bonds is 4. The highest BCUT2D eigenvalue weighted by molar-refractivity contribution is 9.11. The lowest BCUT2D eigenvalue weighted by molar-refractivity contribution is 0.107. The number of nitrogens with one attached hydrogen (secondary N) is 1. The minimum Gasteiger partial charge on any atom is -0.494 e. The van der Waals surface area contributed by atoms with Gasteiger partial charge in [-0.3, -0.25) is 0 Å². The molecule has 68 valence electrons. The Labute approximate surface area is 80.6 Å². The third-order valence-corrected chi connectivity index (χ3v) is 1.97. The Balaban J connectivity index is 2.24. The molecule has 1 N–H and O–H groups in total. The first-order chi connectivity index (χ1) is 5.83. The molecule has 0 radical (unpaired) electrons. The van der Waals surface area contributed by atoms with Crippen LogP contribution in [0.4, 0.5) is 0 Å². The van der Waals surface area contributed by atoms with Gasteiger partial charge in [-0.2, -0.15) is 0 Å². The number of methoxy groups -OCH3 is 1. The molecule has 0 aromatic rings. The molecule has 0 saturated heterocycles. The largest absolute Gasteiger partial charge is 0.494 e. The number of allylic oxidation sites excluding steroid dienone is 2. The van der Waals surface area contributed by atoms with Crippen LogP contribution in [0, 0.1) is 0 Å². The lowest BCUT2D eigenvalue weighted by atomic mass is 10.3. The quantitative estimate of drug-likeness (QED) is 0.588. The van der Waals surface area contributed by atoms with E-state index in [-0.39, 0.29) is 0 Å². The van der Waals surface area contributed by atoms with Crippen molar-refractivity contribution < 1.29 is 9.47 Å². The maximum absolute atomic E-state index is 5.38. The Morgan fingerprint density at radius 2 is 2.33 bits per heavy atom. The third kappa shape index (κ3) is 3.28. The van der Waals surface area contributed by atoms with Crippen molar-refractivity contribution in [2.45, 2.75) is 0 Å². The van der Waals surface area contributed by atoms with E-state index in [0.29, 0.717) is 13.2 Å². The van der Waals surface area contributed by atoms with Crippen molar-refractivity contribution in [3.05, 3.63) is 22.5 Å². The van der Waals surface area contributed by atoms with Gasteiger partial charge in [0.1, 0.15) is 12.4 Å². The molecule has 0 aliphatic carbocycles. The van der Waals surface area contributed by atoms with Crippen LogP contribution in [0.1, 0.15) is 0 Å². The molecule has 0 bridgehead atoms. The fraction of sp³-hybridized carbons (Fsp3) is 0.500. The van der Waals surface area contributed by atoms with E-state index in [4.69, 9.17) is 9.47 Å². The first kappa shape index (κ1) is 9.61. The highest BCUT2D eigenvalue weighted by Crippen LogP contribution is 2.09. The standard InChI is InChI=1S/C8H12BrNO2/c1-11-4-5-12-7-2-3-8(9)10-6-7/h2-3,10H,4-6H2,1H3. The molecule has 0 spiro atoms. The average Bonchev–Trinajstić information content (AvgIpc) is 2.09. The van der Waals surface area contributed by atoms with E-state index in [1.807, 2.05) is 12.2 Å². The predicted molar refractivity (Wildman–Crippen MR) is 50.9 cm³/mol. The summed E-state index contributed by atoms with van der Waals surface area (Å²) in [5.41, 5.74) is 0. The summed E-state index contributed by atoms with van der Waals surface area (Å²) in [6.07, 6.45) is 3.86. The Morgan fingerprint density at radius 3 is 2.92 bits per heavy atom. The zero-order valence-electron chi connectivity index (χ0n) is 6.97. The second-order valence-corrected chi connectivity index (χ2v) is 3.20. The monoisotopic (exact) mass is 233 g/mol. The van der Waals surface area contributed by atoms with E-state index < -0.39 is 0 Å². The maximum Gasteiger partial charge on any atom is 0.115 e. The molecular weight excluding hydrogens is 222 g/mol. The first-order valence-corrected chi connectivity index (χ1v) is 4.54. The molecule has 0 aromatic carbocycles. The maximum atomic E-state index is 5.38. The Kier molecular flexibility index (Phi) is 4.18. The van der Waals surface area contributed by atoms with Gasteiger partial charge in [0.25, 0.3) is 0 Å². The van der Waals surface area contributed by atoms with Crippen LogP contribution in [0.15, 0.2) is 22.5 Å². The molecule has 3 nitrogen and oxygen atoms in total. The zero-order chi connectivity index (χ0) is 8.81. The van der Waals surface area contributed by atoms with Gasteiger partial charge in [-0.05, 0) is 28.1 Å². The van der Waals surface area contributed by atoms with Crippen molar-refractivity contribution in [1.29, 1.82) is 0 Å². The van der Waals surface area contributed by atoms with Crippen LogP contribution in [0.5, 0.6) is 0 Å². The summed E-state index contributed by atoms with van der Waals surface area (Å²) in [4.78, 5) is 0. The summed E-state index contributed by atoms with van der Waals surface area (Å²) in [7, 11) is 1.66.